The summed E-state index contributed by atoms with van der Waals surface area (Å²) in [5.74, 6) is 1.02. The number of carbonyl (C=O) groups is 2. The first-order chi connectivity index (χ1) is 15.1. The van der Waals surface area contributed by atoms with Crippen LogP contribution in [-0.4, -0.2) is 38.4 Å². The molecule has 2 aromatic carbocycles. The zero-order valence-electron chi connectivity index (χ0n) is 18.1. The molecule has 0 aliphatic heterocycles. The van der Waals surface area contributed by atoms with E-state index in [4.69, 9.17) is 18.9 Å². The second-order valence-corrected chi connectivity index (χ2v) is 7.65. The van der Waals surface area contributed by atoms with Crippen molar-refractivity contribution in [2.75, 3.05) is 26.4 Å². The Labute approximate surface area is 188 Å². The number of benzene rings is 2. The van der Waals surface area contributed by atoms with E-state index in [0.29, 0.717) is 57.9 Å². The molecule has 0 unspecified atom stereocenters. The summed E-state index contributed by atoms with van der Waals surface area (Å²) in [6.45, 7) is 5.21. The molecule has 0 saturated heterocycles. The van der Waals surface area contributed by atoms with Crippen LogP contribution >= 0.6 is 11.8 Å². The van der Waals surface area contributed by atoms with Gasteiger partial charge < -0.3 is 18.9 Å². The van der Waals surface area contributed by atoms with Gasteiger partial charge in [0, 0.05) is 17.7 Å². The summed E-state index contributed by atoms with van der Waals surface area (Å²) in [7, 11) is 0. The Morgan fingerprint density at radius 2 is 1.42 bits per heavy atom. The molecule has 0 aliphatic carbocycles. The molecule has 7 heteroatoms. The molecule has 0 aliphatic rings. The van der Waals surface area contributed by atoms with E-state index in [1.165, 1.54) is 0 Å². The molecule has 0 bridgehead atoms. The number of esters is 2. The third-order valence-corrected chi connectivity index (χ3v) is 5.12. The standard InChI is InChI=1S/C24H30O6S/c1-3-27-23(25)12-8-16-29-19-14-15-21(30-17-9-13-24(26)28-4-2)22(18-19)31-20-10-6-5-7-11-20/h5-7,10-11,14-15,18H,3-4,8-9,12-13,16-17H2,1-2H3. The lowest BCUT2D eigenvalue weighted by molar-refractivity contribution is -0.144. The first-order valence-corrected chi connectivity index (χ1v) is 11.4. The molecular formula is C24H30O6S. The summed E-state index contributed by atoms with van der Waals surface area (Å²) in [5, 5.41) is 0. The van der Waals surface area contributed by atoms with Crippen LogP contribution in [0.4, 0.5) is 0 Å². The van der Waals surface area contributed by atoms with Crippen LogP contribution in [0.2, 0.25) is 0 Å². The lowest BCUT2D eigenvalue weighted by Crippen LogP contribution is -2.07. The van der Waals surface area contributed by atoms with E-state index in [0.717, 1.165) is 15.5 Å². The van der Waals surface area contributed by atoms with Crippen LogP contribution < -0.4 is 9.47 Å². The highest BCUT2D eigenvalue weighted by Crippen LogP contribution is 2.37. The van der Waals surface area contributed by atoms with Crippen molar-refractivity contribution in [3.63, 3.8) is 0 Å². The molecule has 2 rings (SSSR count). The van der Waals surface area contributed by atoms with Crippen LogP contribution in [0.3, 0.4) is 0 Å². The Kier molecular flexibility index (Phi) is 11.4. The van der Waals surface area contributed by atoms with Crippen molar-refractivity contribution in [2.24, 2.45) is 0 Å². The fourth-order valence-electron chi connectivity index (χ4n) is 2.66. The molecule has 2 aromatic rings. The first kappa shape index (κ1) is 24.6. The third-order valence-electron chi connectivity index (χ3n) is 4.07. The quantitative estimate of drug-likeness (QED) is 0.289. The Hall–Kier alpha value is -2.67. The Morgan fingerprint density at radius 1 is 0.806 bits per heavy atom. The lowest BCUT2D eigenvalue weighted by Gasteiger charge is -2.14. The van der Waals surface area contributed by atoms with Crippen molar-refractivity contribution >= 4 is 23.7 Å². The minimum Gasteiger partial charge on any atom is -0.494 e. The molecule has 0 spiro atoms. The van der Waals surface area contributed by atoms with Crippen LogP contribution in [-0.2, 0) is 19.1 Å². The Morgan fingerprint density at radius 3 is 2.03 bits per heavy atom. The number of hydrogen-bond acceptors (Lipinski definition) is 7. The van der Waals surface area contributed by atoms with Gasteiger partial charge in [0.15, 0.2) is 0 Å². The number of hydrogen-bond donors (Lipinski definition) is 0. The van der Waals surface area contributed by atoms with E-state index in [1.807, 2.05) is 48.5 Å². The number of carbonyl (C=O) groups excluding carboxylic acids is 2. The average molecular weight is 447 g/mol. The fraction of sp³-hybridized carbons (Fsp3) is 0.417. The molecule has 31 heavy (non-hydrogen) atoms. The number of ether oxygens (including phenoxy) is 4. The summed E-state index contributed by atoms with van der Waals surface area (Å²) in [6.07, 6.45) is 1.84. The molecule has 0 saturated carbocycles. The summed E-state index contributed by atoms with van der Waals surface area (Å²) in [4.78, 5) is 24.9. The molecule has 0 aromatic heterocycles. The number of rotatable bonds is 14. The Balaban J connectivity index is 1.96. The van der Waals surface area contributed by atoms with Crippen molar-refractivity contribution in [2.45, 2.75) is 49.3 Å². The van der Waals surface area contributed by atoms with Crippen LogP contribution in [0, 0.1) is 0 Å². The fourth-order valence-corrected chi connectivity index (χ4v) is 3.61. The van der Waals surface area contributed by atoms with E-state index < -0.39 is 0 Å². The van der Waals surface area contributed by atoms with Gasteiger partial charge in [-0.1, -0.05) is 30.0 Å². The summed E-state index contributed by atoms with van der Waals surface area (Å²) in [6, 6.07) is 15.7. The van der Waals surface area contributed by atoms with Crippen LogP contribution in [0.5, 0.6) is 11.5 Å². The van der Waals surface area contributed by atoms with Crippen molar-refractivity contribution in [1.82, 2.24) is 0 Å². The van der Waals surface area contributed by atoms with Crippen molar-refractivity contribution in [1.29, 1.82) is 0 Å². The molecule has 6 nitrogen and oxygen atoms in total. The molecule has 0 fully saturated rings. The molecular weight excluding hydrogens is 416 g/mol. The zero-order valence-corrected chi connectivity index (χ0v) is 18.9. The predicted molar refractivity (Wildman–Crippen MR) is 120 cm³/mol. The minimum absolute atomic E-state index is 0.210. The van der Waals surface area contributed by atoms with E-state index >= 15 is 0 Å². The maximum absolute atomic E-state index is 11.5. The summed E-state index contributed by atoms with van der Waals surface area (Å²) >= 11 is 1.58. The van der Waals surface area contributed by atoms with Gasteiger partial charge in [0.2, 0.25) is 0 Å². The summed E-state index contributed by atoms with van der Waals surface area (Å²) in [5.41, 5.74) is 0. The van der Waals surface area contributed by atoms with E-state index in [1.54, 1.807) is 25.6 Å². The zero-order chi connectivity index (χ0) is 22.3. The average Bonchev–Trinajstić information content (AvgIpc) is 2.76. The van der Waals surface area contributed by atoms with E-state index in [9.17, 15) is 9.59 Å². The highest BCUT2D eigenvalue weighted by molar-refractivity contribution is 7.99. The van der Waals surface area contributed by atoms with E-state index in [2.05, 4.69) is 0 Å². The smallest absolute Gasteiger partial charge is 0.305 e. The highest BCUT2D eigenvalue weighted by atomic mass is 32.2. The molecule has 0 N–H and O–H groups in total. The normalized spacial score (nSPS) is 10.4. The van der Waals surface area contributed by atoms with Gasteiger partial charge >= 0.3 is 11.9 Å². The van der Waals surface area contributed by atoms with Gasteiger partial charge in [-0.25, -0.2) is 0 Å². The molecule has 168 valence electrons. The second-order valence-electron chi connectivity index (χ2n) is 6.54. The van der Waals surface area contributed by atoms with Crippen LogP contribution in [0.1, 0.15) is 39.5 Å². The maximum atomic E-state index is 11.5. The first-order valence-electron chi connectivity index (χ1n) is 10.6. The predicted octanol–water partition coefficient (Wildman–Crippen LogP) is 5.28. The summed E-state index contributed by atoms with van der Waals surface area (Å²) < 4.78 is 21.6. The van der Waals surface area contributed by atoms with Gasteiger partial charge in [0.05, 0.1) is 31.3 Å². The van der Waals surface area contributed by atoms with E-state index in [-0.39, 0.29) is 11.9 Å². The largest absolute Gasteiger partial charge is 0.494 e. The van der Waals surface area contributed by atoms with Gasteiger partial charge in [-0.3, -0.25) is 9.59 Å². The van der Waals surface area contributed by atoms with Gasteiger partial charge in [-0.2, -0.15) is 0 Å². The molecule has 0 amide bonds. The van der Waals surface area contributed by atoms with Gasteiger partial charge in [0.1, 0.15) is 11.5 Å². The highest BCUT2D eigenvalue weighted by Gasteiger charge is 2.10. The van der Waals surface area contributed by atoms with Crippen molar-refractivity contribution < 1.29 is 28.5 Å². The van der Waals surface area contributed by atoms with Crippen LogP contribution in [0.25, 0.3) is 0 Å². The van der Waals surface area contributed by atoms with Crippen molar-refractivity contribution in [3.8, 4) is 11.5 Å². The van der Waals surface area contributed by atoms with Gasteiger partial charge in [0.25, 0.3) is 0 Å². The van der Waals surface area contributed by atoms with Crippen molar-refractivity contribution in [3.05, 3.63) is 48.5 Å². The topological polar surface area (TPSA) is 71.1 Å². The molecule has 0 heterocycles. The SMILES string of the molecule is CCOC(=O)CCCOc1ccc(OCCCC(=O)OCC)c(Sc2ccccc2)c1. The van der Waals surface area contributed by atoms with Gasteiger partial charge in [-0.05, 0) is 57.0 Å². The third kappa shape index (κ3) is 9.79. The maximum Gasteiger partial charge on any atom is 0.305 e. The monoisotopic (exact) mass is 446 g/mol. The Bertz CT molecular complexity index is 809. The molecule has 0 radical (unpaired) electrons. The van der Waals surface area contributed by atoms with Crippen LogP contribution in [0.15, 0.2) is 58.3 Å². The lowest BCUT2D eigenvalue weighted by atomic mass is 10.3. The second kappa shape index (κ2) is 14.4. The minimum atomic E-state index is -0.212. The van der Waals surface area contributed by atoms with Gasteiger partial charge in [-0.15, -0.1) is 0 Å². The molecule has 0 atom stereocenters.